The number of nitrogens with one attached hydrogen (secondary N) is 1. The van der Waals surface area contributed by atoms with Gasteiger partial charge in [-0.3, -0.25) is 4.79 Å². The van der Waals surface area contributed by atoms with Crippen molar-refractivity contribution in [2.45, 2.75) is 44.9 Å². The summed E-state index contributed by atoms with van der Waals surface area (Å²) >= 11 is 0.985. The summed E-state index contributed by atoms with van der Waals surface area (Å²) in [4.78, 5) is 12.3. The van der Waals surface area contributed by atoms with Crippen molar-refractivity contribution >= 4 is 27.3 Å². The number of amides is 1. The number of carbonyl (C=O) groups is 1. The van der Waals surface area contributed by atoms with Gasteiger partial charge in [-0.05, 0) is 23.3 Å². The summed E-state index contributed by atoms with van der Waals surface area (Å²) in [5.41, 5.74) is 0.883. The van der Waals surface area contributed by atoms with Crippen LogP contribution in [0.15, 0.2) is 9.59 Å². The van der Waals surface area contributed by atoms with E-state index in [0.29, 0.717) is 11.1 Å². The lowest BCUT2D eigenvalue weighted by Gasteiger charge is -2.06. The second-order valence-electron chi connectivity index (χ2n) is 6.46. The van der Waals surface area contributed by atoms with Gasteiger partial charge in [0.1, 0.15) is 4.21 Å². The van der Waals surface area contributed by atoms with E-state index < -0.39 is 10.0 Å². The molecule has 0 bridgehead atoms. The molecule has 1 heterocycles. The summed E-state index contributed by atoms with van der Waals surface area (Å²) in [6.07, 6.45) is 0. The highest BCUT2D eigenvalue weighted by Crippen LogP contribution is 2.62. The van der Waals surface area contributed by atoms with Gasteiger partial charge in [0.25, 0.3) is 5.91 Å². The van der Waals surface area contributed by atoms with Crippen molar-refractivity contribution in [3.8, 4) is 0 Å². The molecule has 1 aliphatic rings. The van der Waals surface area contributed by atoms with E-state index in [4.69, 9.17) is 5.14 Å². The van der Waals surface area contributed by atoms with Gasteiger partial charge in [0.2, 0.25) is 10.0 Å². The second-order valence-corrected chi connectivity index (χ2v) is 9.09. The maximum Gasteiger partial charge on any atom is 0.252 e. The smallest absolute Gasteiger partial charge is 0.252 e. The monoisotopic (exact) mass is 316 g/mol. The fraction of sp³-hybridized carbons (Fsp3) is 0.615. The van der Waals surface area contributed by atoms with E-state index in [0.717, 1.165) is 11.3 Å². The first-order valence-corrected chi connectivity index (χ1v) is 8.75. The van der Waals surface area contributed by atoms with Crippen LogP contribution in [0.2, 0.25) is 0 Å². The molecule has 112 valence electrons. The van der Waals surface area contributed by atoms with Crippen molar-refractivity contribution in [2.24, 2.45) is 16.0 Å². The molecule has 1 amide bonds. The molecule has 0 unspecified atom stereocenters. The normalized spacial score (nSPS) is 20.7. The average Bonchev–Trinajstić information content (AvgIpc) is 2.64. The van der Waals surface area contributed by atoms with E-state index in [1.165, 1.54) is 0 Å². The van der Waals surface area contributed by atoms with Crippen molar-refractivity contribution < 1.29 is 13.2 Å². The highest BCUT2D eigenvalue weighted by molar-refractivity contribution is 7.91. The van der Waals surface area contributed by atoms with E-state index in [-0.39, 0.29) is 27.0 Å². The van der Waals surface area contributed by atoms with Gasteiger partial charge in [-0.25, -0.2) is 13.6 Å². The molecule has 1 saturated carbocycles. The molecule has 3 N–H and O–H groups in total. The van der Waals surface area contributed by atoms with Crippen molar-refractivity contribution in [1.29, 1.82) is 0 Å². The molecule has 0 spiro atoms. The molecule has 0 aliphatic heterocycles. The molecular formula is C13H20N2O3S2. The maximum absolute atomic E-state index is 12.3. The first-order valence-electron chi connectivity index (χ1n) is 6.32. The van der Waals surface area contributed by atoms with E-state index in [1.54, 1.807) is 12.3 Å². The van der Waals surface area contributed by atoms with Gasteiger partial charge in [-0.1, -0.05) is 27.7 Å². The standard InChI is InChI=1S/C13H20N2O3S2/c1-7-8(6-19-10(7)20(14,17)18)9(16)15-11-12(2,3)13(11,4)5/h6,11H,1-5H3,(H,15,16)(H2,14,17,18). The SMILES string of the molecule is Cc1c(C(=O)NC2C(C)(C)C2(C)C)csc1S(N)(=O)=O. The second kappa shape index (κ2) is 4.29. The van der Waals surface area contributed by atoms with Gasteiger partial charge in [-0.2, -0.15) is 0 Å². The van der Waals surface area contributed by atoms with Gasteiger partial charge in [-0.15, -0.1) is 11.3 Å². The quantitative estimate of drug-likeness (QED) is 0.892. The summed E-state index contributed by atoms with van der Waals surface area (Å²) in [6.45, 7) is 10.0. The highest BCUT2D eigenvalue weighted by atomic mass is 32.2. The topological polar surface area (TPSA) is 89.3 Å². The van der Waals surface area contributed by atoms with E-state index >= 15 is 0 Å². The molecule has 7 heteroatoms. The first kappa shape index (κ1) is 15.5. The lowest BCUT2D eigenvalue weighted by atomic mass is 10.0. The van der Waals surface area contributed by atoms with Crippen LogP contribution in [0.5, 0.6) is 0 Å². The predicted molar refractivity (Wildman–Crippen MR) is 79.2 cm³/mol. The largest absolute Gasteiger partial charge is 0.348 e. The maximum atomic E-state index is 12.3. The van der Waals surface area contributed by atoms with Crippen LogP contribution < -0.4 is 10.5 Å². The summed E-state index contributed by atoms with van der Waals surface area (Å²) in [5.74, 6) is -0.239. The molecule has 1 fully saturated rings. The molecule has 0 aromatic carbocycles. The minimum atomic E-state index is -3.77. The number of sulfonamides is 1. The number of hydrogen-bond acceptors (Lipinski definition) is 4. The van der Waals surface area contributed by atoms with Crippen LogP contribution >= 0.6 is 11.3 Å². The van der Waals surface area contributed by atoms with Crippen LogP contribution in [-0.4, -0.2) is 20.4 Å². The van der Waals surface area contributed by atoms with Gasteiger partial charge in [0.15, 0.2) is 0 Å². The van der Waals surface area contributed by atoms with Gasteiger partial charge >= 0.3 is 0 Å². The molecule has 1 aromatic heterocycles. The van der Waals surface area contributed by atoms with E-state index in [1.807, 2.05) is 0 Å². The Labute approximate surface area is 123 Å². The van der Waals surface area contributed by atoms with Gasteiger partial charge < -0.3 is 5.32 Å². The number of thiophene rings is 1. The lowest BCUT2D eigenvalue weighted by Crippen LogP contribution is -2.30. The zero-order valence-corrected chi connectivity index (χ0v) is 13.9. The Kier molecular flexibility index (Phi) is 3.31. The third kappa shape index (κ3) is 2.17. The molecule has 0 saturated heterocycles. The minimum Gasteiger partial charge on any atom is -0.348 e. The van der Waals surface area contributed by atoms with E-state index in [2.05, 4.69) is 33.0 Å². The Hall–Kier alpha value is -0.920. The van der Waals surface area contributed by atoms with Crippen LogP contribution in [-0.2, 0) is 10.0 Å². The Bertz CT molecular complexity index is 658. The average molecular weight is 316 g/mol. The molecule has 1 aromatic rings. The number of rotatable bonds is 3. The summed E-state index contributed by atoms with van der Waals surface area (Å²) in [6, 6.07) is 0.0831. The molecule has 2 rings (SSSR count). The van der Waals surface area contributed by atoms with Crippen molar-refractivity contribution in [1.82, 2.24) is 5.32 Å². The van der Waals surface area contributed by atoms with Crippen LogP contribution in [0.1, 0.15) is 43.6 Å². The Balaban J connectivity index is 2.23. The van der Waals surface area contributed by atoms with Crippen molar-refractivity contribution in [3.05, 3.63) is 16.5 Å². The number of nitrogens with two attached hydrogens (primary N) is 1. The lowest BCUT2D eigenvalue weighted by molar-refractivity contribution is 0.0943. The van der Waals surface area contributed by atoms with Crippen LogP contribution in [0.4, 0.5) is 0 Å². The Morgan fingerprint density at radius 2 is 1.80 bits per heavy atom. The fourth-order valence-corrected chi connectivity index (χ4v) is 4.68. The number of carbonyl (C=O) groups excluding carboxylic acids is 1. The van der Waals surface area contributed by atoms with Gasteiger partial charge in [0.05, 0.1) is 5.56 Å². The first-order chi connectivity index (χ1) is 8.90. The molecule has 0 radical (unpaired) electrons. The molecule has 0 atom stereocenters. The third-order valence-corrected chi connectivity index (χ3v) is 7.48. The third-order valence-electron chi connectivity index (χ3n) is 4.79. The van der Waals surface area contributed by atoms with Crippen LogP contribution in [0.25, 0.3) is 0 Å². The predicted octanol–water partition coefficient (Wildman–Crippen LogP) is 1.87. The highest BCUT2D eigenvalue weighted by Gasteiger charge is 2.65. The van der Waals surface area contributed by atoms with Crippen LogP contribution in [0.3, 0.4) is 0 Å². The van der Waals surface area contributed by atoms with Crippen molar-refractivity contribution in [3.63, 3.8) is 0 Å². The van der Waals surface area contributed by atoms with E-state index in [9.17, 15) is 13.2 Å². The summed E-state index contributed by atoms with van der Waals surface area (Å²) in [7, 11) is -3.77. The summed E-state index contributed by atoms with van der Waals surface area (Å²) in [5, 5.41) is 9.66. The molecule has 5 nitrogen and oxygen atoms in total. The molecular weight excluding hydrogens is 296 g/mol. The zero-order chi connectivity index (χ0) is 15.5. The van der Waals surface area contributed by atoms with Crippen LogP contribution in [0, 0.1) is 17.8 Å². The molecule has 20 heavy (non-hydrogen) atoms. The van der Waals surface area contributed by atoms with Crippen molar-refractivity contribution in [2.75, 3.05) is 0 Å². The number of primary sulfonamides is 1. The Morgan fingerprint density at radius 3 is 2.15 bits per heavy atom. The molecule has 1 aliphatic carbocycles. The zero-order valence-electron chi connectivity index (χ0n) is 12.3. The summed E-state index contributed by atoms with van der Waals surface area (Å²) < 4.78 is 22.8. The Morgan fingerprint density at radius 1 is 1.30 bits per heavy atom. The number of hydrogen-bond donors (Lipinski definition) is 2. The fourth-order valence-electron chi connectivity index (χ4n) is 2.67. The minimum absolute atomic E-state index is 0.0371. The van der Waals surface area contributed by atoms with Gasteiger partial charge in [0, 0.05) is 11.4 Å².